The number of benzene rings is 3. The molecule has 0 aliphatic carbocycles. The molecule has 16 heteroatoms. The molecule has 5 N–H and O–H groups in total. The number of amides is 4. The molecular formula is C44H52N8O8. The number of fused-ring (bicyclic) bond motifs is 6. The highest BCUT2D eigenvalue weighted by molar-refractivity contribution is 6.07. The van der Waals surface area contributed by atoms with E-state index in [0.29, 0.717) is 24.7 Å². The number of nitrogens with zero attached hydrogens (tertiary/aromatic N) is 4. The number of hydrogen-bond acceptors (Lipinski definition) is 9. The van der Waals surface area contributed by atoms with Gasteiger partial charge in [-0.2, -0.15) is 0 Å². The maximum Gasteiger partial charge on any atom is 0.407 e. The summed E-state index contributed by atoms with van der Waals surface area (Å²) in [4.78, 5) is 71.8. The van der Waals surface area contributed by atoms with Gasteiger partial charge in [0.1, 0.15) is 36.1 Å². The van der Waals surface area contributed by atoms with E-state index in [-0.39, 0.29) is 41.9 Å². The summed E-state index contributed by atoms with van der Waals surface area (Å²) in [7, 11) is 2.76. The van der Waals surface area contributed by atoms with Crippen LogP contribution in [0.2, 0.25) is 0 Å². The Morgan fingerprint density at radius 1 is 0.850 bits per heavy atom. The van der Waals surface area contributed by atoms with E-state index in [1.807, 2.05) is 39.8 Å². The van der Waals surface area contributed by atoms with Gasteiger partial charge in [0.05, 0.1) is 48.2 Å². The fraction of sp³-hybridized carbons (Fsp3) is 0.455. The molecule has 60 heavy (non-hydrogen) atoms. The van der Waals surface area contributed by atoms with Crippen LogP contribution in [-0.2, 0) is 25.7 Å². The molecule has 0 saturated carbocycles. The maximum atomic E-state index is 14.0. The Labute approximate surface area is 347 Å². The number of imidazole rings is 2. The minimum absolute atomic E-state index is 0.0604. The van der Waals surface area contributed by atoms with Gasteiger partial charge in [0.15, 0.2) is 0 Å². The molecule has 0 unspecified atom stereocenters. The van der Waals surface area contributed by atoms with Crippen molar-refractivity contribution < 1.29 is 38.5 Å². The molecule has 2 fully saturated rings. The van der Waals surface area contributed by atoms with Crippen LogP contribution < -0.4 is 15.4 Å². The van der Waals surface area contributed by atoms with Crippen LogP contribution in [0.15, 0.2) is 48.7 Å². The Morgan fingerprint density at radius 3 is 2.22 bits per heavy atom. The number of H-pyrrole nitrogens is 2. The summed E-state index contributed by atoms with van der Waals surface area (Å²) in [5.74, 6) is 1.37. The summed E-state index contributed by atoms with van der Waals surface area (Å²) in [6.07, 6.45) is 2.25. The lowest BCUT2D eigenvalue weighted by molar-refractivity contribution is -0.139. The Bertz CT molecular complexity index is 2480. The Morgan fingerprint density at radius 2 is 1.55 bits per heavy atom. The number of aromatic amines is 2. The van der Waals surface area contributed by atoms with Crippen LogP contribution in [-0.4, -0.2) is 103 Å². The van der Waals surface area contributed by atoms with Crippen molar-refractivity contribution in [3.63, 3.8) is 0 Å². The molecule has 2 aromatic heterocycles. The zero-order chi connectivity index (χ0) is 42.6. The molecule has 0 spiro atoms. The summed E-state index contributed by atoms with van der Waals surface area (Å²) in [5.41, 5.74) is 6.41. The van der Waals surface area contributed by atoms with E-state index in [9.17, 15) is 24.3 Å². The number of ether oxygens (including phenoxy) is 3. The standard InChI is InChI=1S/C44H52N8O8/c1-21(2)36(49-43(55)56)41(53)51-22(3)8-14-33(51)39-45-19-32(47-39)26-10-12-28-27(16-26)20-60-35-18-29-25(17-30(28)35)11-13-31-38(29)48-40(46-31)34-15-9-23(4)52(34)42(54)37(24(5)58-6)50-44(57)59-7/h10-13,16-19,21-24,33-34,36-37,49H,8-9,14-15,20H2,1-7H3,(H,45,47)(H,46,48)(H,50,57)(H,55,56)/t22-,23-,24-,33-,34-,36-,37-/m0/s1. The van der Waals surface area contributed by atoms with Crippen molar-refractivity contribution >= 4 is 45.8 Å². The van der Waals surface area contributed by atoms with Crippen molar-refractivity contribution in [1.29, 1.82) is 0 Å². The minimum atomic E-state index is -1.22. The number of methoxy groups -OCH3 is 2. The number of carboxylic acid groups (broad SMARTS) is 1. The van der Waals surface area contributed by atoms with Gasteiger partial charge in [-0.1, -0.05) is 32.0 Å². The minimum Gasteiger partial charge on any atom is -0.488 e. The molecule has 3 aromatic carbocycles. The summed E-state index contributed by atoms with van der Waals surface area (Å²) in [6.45, 7) is 9.75. The third-order valence-electron chi connectivity index (χ3n) is 12.5. The number of aromatic nitrogens is 4. The average Bonchev–Trinajstić information content (AvgIpc) is 4.06. The quantitative estimate of drug-likeness (QED) is 0.0995. The van der Waals surface area contributed by atoms with E-state index in [2.05, 4.69) is 50.9 Å². The van der Waals surface area contributed by atoms with Crippen LogP contribution in [0.3, 0.4) is 0 Å². The van der Waals surface area contributed by atoms with Gasteiger partial charge in [-0.05, 0) is 98.7 Å². The number of hydrogen-bond donors (Lipinski definition) is 5. The summed E-state index contributed by atoms with van der Waals surface area (Å²) < 4.78 is 16.7. The highest BCUT2D eigenvalue weighted by Crippen LogP contribution is 2.44. The van der Waals surface area contributed by atoms with Gasteiger partial charge >= 0.3 is 12.2 Å². The van der Waals surface area contributed by atoms with E-state index >= 15 is 0 Å². The summed E-state index contributed by atoms with van der Waals surface area (Å²) in [6, 6.07) is 11.9. The normalized spacial score (nSPS) is 21.3. The highest BCUT2D eigenvalue weighted by Gasteiger charge is 2.43. The van der Waals surface area contributed by atoms with E-state index in [1.54, 1.807) is 22.9 Å². The van der Waals surface area contributed by atoms with Gasteiger partial charge in [0, 0.05) is 30.1 Å². The number of alkyl carbamates (subject to hydrolysis) is 1. The third-order valence-corrected chi connectivity index (χ3v) is 12.5. The Kier molecular flexibility index (Phi) is 10.9. The predicted octanol–water partition coefficient (Wildman–Crippen LogP) is 6.82. The Hall–Kier alpha value is -6.16. The van der Waals surface area contributed by atoms with Crippen molar-refractivity contribution in [1.82, 2.24) is 40.4 Å². The largest absolute Gasteiger partial charge is 0.488 e. The fourth-order valence-electron chi connectivity index (χ4n) is 9.20. The van der Waals surface area contributed by atoms with E-state index in [0.717, 1.165) is 74.8 Å². The molecule has 5 aromatic rings. The zero-order valence-electron chi connectivity index (χ0n) is 34.9. The van der Waals surface area contributed by atoms with Crippen molar-refractivity contribution in [3.8, 4) is 28.1 Å². The van der Waals surface area contributed by atoms with Gasteiger partial charge in [-0.15, -0.1) is 0 Å². The van der Waals surface area contributed by atoms with E-state index in [4.69, 9.17) is 24.2 Å². The molecule has 5 heterocycles. The Balaban J connectivity index is 1.05. The predicted molar refractivity (Wildman–Crippen MR) is 223 cm³/mol. The molecule has 3 aliphatic heterocycles. The lowest BCUT2D eigenvalue weighted by atomic mass is 9.92. The van der Waals surface area contributed by atoms with Crippen molar-refractivity contribution in [2.24, 2.45) is 5.92 Å². The van der Waals surface area contributed by atoms with Crippen LogP contribution in [0, 0.1) is 5.92 Å². The lowest BCUT2D eigenvalue weighted by Crippen LogP contribution is -2.55. The molecule has 3 aliphatic rings. The second-order valence-corrected chi connectivity index (χ2v) is 16.6. The summed E-state index contributed by atoms with van der Waals surface area (Å²) in [5, 5.41) is 16.4. The zero-order valence-corrected chi connectivity index (χ0v) is 34.9. The van der Waals surface area contributed by atoms with Gasteiger partial charge in [0.2, 0.25) is 11.8 Å². The van der Waals surface area contributed by atoms with Crippen LogP contribution >= 0.6 is 0 Å². The van der Waals surface area contributed by atoms with Crippen molar-refractivity contribution in [2.45, 2.75) is 109 Å². The molecule has 0 bridgehead atoms. The number of likely N-dealkylation sites (tertiary alicyclic amines) is 2. The number of carbonyl (C=O) groups is 4. The first-order chi connectivity index (χ1) is 28.8. The molecule has 8 rings (SSSR count). The van der Waals surface area contributed by atoms with Gasteiger partial charge in [0.25, 0.3) is 0 Å². The number of nitrogens with one attached hydrogen (secondary N) is 4. The average molecular weight is 821 g/mol. The molecule has 316 valence electrons. The monoisotopic (exact) mass is 820 g/mol. The van der Waals surface area contributed by atoms with Crippen molar-refractivity contribution in [3.05, 3.63) is 65.9 Å². The SMILES string of the molecule is COC(=O)N[C@H](C(=O)N1[C@@H](C)CC[C@H]1c1nc2c(ccc3cc4c(cc32)OCc2cc(-c3cnc([C@@H]5CC[C@H](C)N5C(=O)[C@@H](NC(=O)O)C(C)C)[nH]3)ccc2-4)[nH]1)[C@H](C)OC. The molecule has 2 saturated heterocycles. The van der Waals surface area contributed by atoms with Gasteiger partial charge in [-0.3, -0.25) is 9.59 Å². The van der Waals surface area contributed by atoms with E-state index < -0.39 is 30.4 Å². The summed E-state index contributed by atoms with van der Waals surface area (Å²) >= 11 is 0. The van der Waals surface area contributed by atoms with Gasteiger partial charge in [-0.25, -0.2) is 19.6 Å². The smallest absolute Gasteiger partial charge is 0.407 e. The molecule has 7 atom stereocenters. The molecule has 4 amide bonds. The van der Waals surface area contributed by atoms with Crippen LogP contribution in [0.1, 0.15) is 89.6 Å². The van der Waals surface area contributed by atoms with E-state index in [1.165, 1.54) is 14.2 Å². The highest BCUT2D eigenvalue weighted by atomic mass is 16.5. The second-order valence-electron chi connectivity index (χ2n) is 16.6. The van der Waals surface area contributed by atoms with Crippen LogP contribution in [0.25, 0.3) is 44.2 Å². The van der Waals surface area contributed by atoms with Crippen LogP contribution in [0.5, 0.6) is 5.75 Å². The van der Waals surface area contributed by atoms with Crippen LogP contribution in [0.4, 0.5) is 9.59 Å². The second kappa shape index (κ2) is 16.1. The topological polar surface area (TPSA) is 204 Å². The molecule has 0 radical (unpaired) electrons. The number of rotatable bonds is 10. The first kappa shape index (κ1) is 40.6. The first-order valence-corrected chi connectivity index (χ1v) is 20.6. The third kappa shape index (κ3) is 7.26. The number of carbonyl (C=O) groups excluding carboxylic acids is 3. The maximum absolute atomic E-state index is 14.0. The van der Waals surface area contributed by atoms with Gasteiger partial charge < -0.3 is 49.7 Å². The lowest BCUT2D eigenvalue weighted by Gasteiger charge is -2.33. The molecule has 16 nitrogen and oxygen atoms in total. The first-order valence-electron chi connectivity index (χ1n) is 20.6. The molecular weight excluding hydrogens is 769 g/mol. The fourth-order valence-corrected chi connectivity index (χ4v) is 9.20. The van der Waals surface area contributed by atoms with Crippen molar-refractivity contribution in [2.75, 3.05) is 14.2 Å².